The highest BCUT2D eigenvalue weighted by molar-refractivity contribution is 5.83. The third kappa shape index (κ3) is 4.78. The van der Waals surface area contributed by atoms with Crippen molar-refractivity contribution in [2.75, 3.05) is 20.2 Å². The van der Waals surface area contributed by atoms with E-state index < -0.39 is 0 Å². The predicted molar refractivity (Wildman–Crippen MR) is 78.4 cm³/mol. The number of methoxy groups -OCH3 is 1. The molecule has 1 aliphatic heterocycles. The first-order chi connectivity index (χ1) is 9.61. The summed E-state index contributed by atoms with van der Waals surface area (Å²) in [4.78, 5) is 25.9. The van der Waals surface area contributed by atoms with Gasteiger partial charge in [0.15, 0.2) is 0 Å². The topological polar surface area (TPSA) is 58.6 Å². The van der Waals surface area contributed by atoms with Gasteiger partial charge in [0.2, 0.25) is 5.91 Å². The average molecular weight is 284 g/mol. The van der Waals surface area contributed by atoms with Crippen LogP contribution in [0.5, 0.6) is 0 Å². The number of carbonyl (C=O) groups is 2. The van der Waals surface area contributed by atoms with E-state index >= 15 is 0 Å². The Balaban J connectivity index is 2.51. The highest BCUT2D eigenvalue weighted by Crippen LogP contribution is 2.20. The van der Waals surface area contributed by atoms with E-state index in [1.54, 1.807) is 0 Å². The van der Waals surface area contributed by atoms with Crippen LogP contribution in [-0.4, -0.2) is 49.1 Å². The van der Waals surface area contributed by atoms with Gasteiger partial charge < -0.3 is 10.1 Å². The molecule has 0 aromatic carbocycles. The van der Waals surface area contributed by atoms with Gasteiger partial charge in [-0.25, -0.2) is 0 Å². The third-order valence-corrected chi connectivity index (χ3v) is 3.97. The van der Waals surface area contributed by atoms with Crippen LogP contribution < -0.4 is 5.32 Å². The maximum Gasteiger partial charge on any atom is 0.323 e. The summed E-state index contributed by atoms with van der Waals surface area (Å²) in [6, 6.07) is -0.550. The van der Waals surface area contributed by atoms with Crippen LogP contribution in [0.25, 0.3) is 0 Å². The molecule has 0 aromatic heterocycles. The van der Waals surface area contributed by atoms with Gasteiger partial charge in [0.05, 0.1) is 13.2 Å². The maximum absolute atomic E-state index is 12.2. The Kier molecular flexibility index (Phi) is 7.59. The number of hydrogen-bond acceptors (Lipinski definition) is 4. The molecule has 1 amide bonds. The van der Waals surface area contributed by atoms with Gasteiger partial charge in [-0.05, 0) is 32.7 Å². The van der Waals surface area contributed by atoms with E-state index in [0.717, 1.165) is 45.1 Å². The molecule has 20 heavy (non-hydrogen) atoms. The number of ether oxygens (including phenoxy) is 1. The second-order valence-electron chi connectivity index (χ2n) is 5.45. The minimum absolute atomic E-state index is 0.0110. The summed E-state index contributed by atoms with van der Waals surface area (Å²) in [5.41, 5.74) is 0. The molecule has 1 heterocycles. The van der Waals surface area contributed by atoms with Crippen LogP contribution >= 0.6 is 0 Å². The van der Waals surface area contributed by atoms with E-state index in [9.17, 15) is 9.59 Å². The fourth-order valence-corrected chi connectivity index (χ4v) is 2.69. The molecule has 1 aliphatic rings. The summed E-state index contributed by atoms with van der Waals surface area (Å²) < 4.78 is 4.85. The molecular weight excluding hydrogens is 256 g/mol. The summed E-state index contributed by atoms with van der Waals surface area (Å²) in [6.07, 6.45) is 6.10. The van der Waals surface area contributed by atoms with Gasteiger partial charge in [0.25, 0.3) is 0 Å². The fourth-order valence-electron chi connectivity index (χ4n) is 2.69. The van der Waals surface area contributed by atoms with Crippen LogP contribution in [0.4, 0.5) is 0 Å². The summed E-state index contributed by atoms with van der Waals surface area (Å²) in [6.45, 7) is 5.51. The lowest BCUT2D eigenvalue weighted by Crippen LogP contribution is -2.54. The molecule has 0 aliphatic carbocycles. The molecule has 1 fully saturated rings. The first-order valence-corrected chi connectivity index (χ1v) is 7.73. The van der Waals surface area contributed by atoms with Crippen molar-refractivity contribution in [3.05, 3.63) is 0 Å². The van der Waals surface area contributed by atoms with Crippen LogP contribution in [0.15, 0.2) is 0 Å². The quantitative estimate of drug-likeness (QED) is 0.571. The number of unbranched alkanes of at least 4 members (excludes halogenated alkanes) is 2. The molecular formula is C15H28N2O3. The zero-order valence-corrected chi connectivity index (χ0v) is 13.0. The smallest absolute Gasteiger partial charge is 0.323 e. The number of amides is 1. The molecule has 116 valence electrons. The Morgan fingerprint density at radius 1 is 1.35 bits per heavy atom. The van der Waals surface area contributed by atoms with Gasteiger partial charge in [-0.3, -0.25) is 14.5 Å². The fraction of sp³-hybridized carbons (Fsp3) is 0.867. The van der Waals surface area contributed by atoms with Crippen molar-refractivity contribution in [1.29, 1.82) is 0 Å². The van der Waals surface area contributed by atoms with Gasteiger partial charge in [0.1, 0.15) is 6.04 Å². The first-order valence-electron chi connectivity index (χ1n) is 7.73. The Labute approximate surface area is 122 Å². The summed E-state index contributed by atoms with van der Waals surface area (Å²) in [5.74, 6) is -0.216. The van der Waals surface area contributed by atoms with Crippen LogP contribution in [0.2, 0.25) is 0 Å². The van der Waals surface area contributed by atoms with E-state index in [-0.39, 0.29) is 24.0 Å². The molecule has 1 N–H and O–H groups in total. The molecule has 0 radical (unpaired) electrons. The van der Waals surface area contributed by atoms with Crippen molar-refractivity contribution in [3.63, 3.8) is 0 Å². The third-order valence-electron chi connectivity index (χ3n) is 3.97. The van der Waals surface area contributed by atoms with Gasteiger partial charge in [0, 0.05) is 6.54 Å². The van der Waals surface area contributed by atoms with Gasteiger partial charge >= 0.3 is 5.97 Å². The monoisotopic (exact) mass is 284 g/mol. The van der Waals surface area contributed by atoms with Crippen molar-refractivity contribution in [1.82, 2.24) is 10.2 Å². The van der Waals surface area contributed by atoms with E-state index in [1.807, 2.05) is 11.8 Å². The van der Waals surface area contributed by atoms with E-state index in [4.69, 9.17) is 4.74 Å². The zero-order chi connectivity index (χ0) is 15.0. The lowest BCUT2D eigenvalue weighted by Gasteiger charge is -2.37. The Bertz CT molecular complexity index is 320. The van der Waals surface area contributed by atoms with E-state index in [2.05, 4.69) is 12.2 Å². The summed E-state index contributed by atoms with van der Waals surface area (Å²) in [5, 5.41) is 2.96. The lowest BCUT2D eigenvalue weighted by atomic mass is 10.00. The van der Waals surface area contributed by atoms with Crippen LogP contribution in [-0.2, 0) is 14.3 Å². The predicted octanol–water partition coefficient (Wildman–Crippen LogP) is 1.71. The number of nitrogens with zero attached hydrogens (tertiary/aromatic N) is 1. The second-order valence-corrected chi connectivity index (χ2v) is 5.45. The number of likely N-dealkylation sites (tertiary alicyclic amines) is 1. The zero-order valence-electron chi connectivity index (χ0n) is 13.0. The normalized spacial score (nSPS) is 21.2. The van der Waals surface area contributed by atoms with Crippen molar-refractivity contribution < 1.29 is 14.3 Å². The van der Waals surface area contributed by atoms with Crippen molar-refractivity contribution >= 4 is 11.9 Å². The summed E-state index contributed by atoms with van der Waals surface area (Å²) in [7, 11) is 1.41. The molecule has 2 atom stereocenters. The lowest BCUT2D eigenvalue weighted by molar-refractivity contribution is -0.150. The molecule has 1 rings (SSSR count). The summed E-state index contributed by atoms with van der Waals surface area (Å²) >= 11 is 0. The number of carbonyl (C=O) groups excluding carboxylic acids is 2. The standard InChI is InChI=1S/C15H28N2O3/c1-4-5-7-10-16-14(18)12(2)17-11-8-6-9-13(17)15(19)20-3/h12-13H,4-11H2,1-3H3,(H,16,18). The van der Waals surface area contributed by atoms with Crippen LogP contribution in [0.3, 0.4) is 0 Å². The number of nitrogens with one attached hydrogen (secondary N) is 1. The number of esters is 1. The molecule has 0 spiro atoms. The molecule has 2 unspecified atom stereocenters. The van der Waals surface area contributed by atoms with Gasteiger partial charge in [-0.15, -0.1) is 0 Å². The molecule has 0 saturated carbocycles. The number of rotatable bonds is 7. The number of piperidine rings is 1. The highest BCUT2D eigenvalue weighted by Gasteiger charge is 2.34. The Hall–Kier alpha value is -1.10. The second kappa shape index (κ2) is 8.95. The molecule has 1 saturated heterocycles. The first kappa shape index (κ1) is 17.0. The molecule has 0 bridgehead atoms. The number of hydrogen-bond donors (Lipinski definition) is 1. The Morgan fingerprint density at radius 3 is 2.75 bits per heavy atom. The largest absolute Gasteiger partial charge is 0.468 e. The maximum atomic E-state index is 12.2. The van der Waals surface area contributed by atoms with E-state index in [0.29, 0.717) is 6.54 Å². The minimum atomic E-state index is -0.277. The SMILES string of the molecule is CCCCCNC(=O)C(C)N1CCCCC1C(=O)OC. The van der Waals surface area contributed by atoms with Crippen molar-refractivity contribution in [2.24, 2.45) is 0 Å². The average Bonchev–Trinajstić information content (AvgIpc) is 2.49. The molecule has 5 nitrogen and oxygen atoms in total. The van der Waals surface area contributed by atoms with Crippen LogP contribution in [0.1, 0.15) is 52.4 Å². The van der Waals surface area contributed by atoms with E-state index in [1.165, 1.54) is 7.11 Å². The molecule has 0 aromatic rings. The van der Waals surface area contributed by atoms with Gasteiger partial charge in [-0.2, -0.15) is 0 Å². The Morgan fingerprint density at radius 2 is 2.10 bits per heavy atom. The minimum Gasteiger partial charge on any atom is -0.468 e. The highest BCUT2D eigenvalue weighted by atomic mass is 16.5. The van der Waals surface area contributed by atoms with Crippen molar-refractivity contribution in [3.8, 4) is 0 Å². The van der Waals surface area contributed by atoms with Gasteiger partial charge in [-0.1, -0.05) is 26.2 Å². The van der Waals surface area contributed by atoms with Crippen LogP contribution in [0, 0.1) is 0 Å². The molecule has 5 heteroatoms. The van der Waals surface area contributed by atoms with Crippen molar-refractivity contribution in [2.45, 2.75) is 64.5 Å².